The van der Waals surface area contributed by atoms with E-state index in [1.54, 1.807) is 19.2 Å². The molecule has 1 aliphatic heterocycles. The number of carbonyl (C=O) groups is 1. The van der Waals surface area contributed by atoms with E-state index >= 15 is 0 Å². The summed E-state index contributed by atoms with van der Waals surface area (Å²) in [6.45, 7) is 6.98. The number of likely N-dealkylation sites (N-methyl/N-ethyl adjacent to an activating group) is 1. The molecule has 1 fully saturated rings. The van der Waals surface area contributed by atoms with Crippen LogP contribution in [-0.2, 0) is 0 Å². The number of anilines is 2. The number of amides is 1. The second-order valence-electron chi connectivity index (χ2n) is 8.31. The van der Waals surface area contributed by atoms with Crippen LogP contribution in [0.3, 0.4) is 0 Å². The largest absolute Gasteiger partial charge is 0.496 e. The third kappa shape index (κ3) is 4.87. The third-order valence-electron chi connectivity index (χ3n) is 5.96. The number of nitro groups is 1. The first-order chi connectivity index (χ1) is 16.3. The van der Waals surface area contributed by atoms with Gasteiger partial charge in [-0.3, -0.25) is 20.2 Å². The van der Waals surface area contributed by atoms with Gasteiger partial charge in [-0.15, -0.1) is 11.3 Å². The van der Waals surface area contributed by atoms with Crippen LogP contribution in [0.2, 0.25) is 0 Å². The number of carbonyl (C=O) groups excluding carboxylic acids is 1. The van der Waals surface area contributed by atoms with Gasteiger partial charge in [0.05, 0.1) is 17.7 Å². The predicted molar refractivity (Wildman–Crippen MR) is 134 cm³/mol. The quantitative estimate of drug-likeness (QED) is 0.413. The predicted octanol–water partition coefficient (Wildman–Crippen LogP) is 4.35. The van der Waals surface area contributed by atoms with Crippen molar-refractivity contribution in [3.8, 4) is 17.0 Å². The smallest absolute Gasteiger partial charge is 0.293 e. The van der Waals surface area contributed by atoms with Gasteiger partial charge >= 0.3 is 0 Å². The Morgan fingerprint density at radius 2 is 1.88 bits per heavy atom. The second-order valence-corrected chi connectivity index (χ2v) is 9.52. The van der Waals surface area contributed by atoms with E-state index in [4.69, 9.17) is 4.74 Å². The first-order valence-corrected chi connectivity index (χ1v) is 11.7. The molecule has 2 aromatic carbocycles. The van der Waals surface area contributed by atoms with Gasteiger partial charge < -0.3 is 14.5 Å². The van der Waals surface area contributed by atoms with Gasteiger partial charge in [-0.1, -0.05) is 0 Å². The molecular weight excluding hydrogens is 454 g/mol. The molecule has 4 rings (SSSR count). The number of nitrogens with one attached hydrogen (secondary N) is 1. The van der Waals surface area contributed by atoms with Crippen LogP contribution in [0.25, 0.3) is 11.3 Å². The second kappa shape index (κ2) is 9.78. The van der Waals surface area contributed by atoms with Crippen LogP contribution in [0, 0.1) is 24.0 Å². The fourth-order valence-corrected chi connectivity index (χ4v) is 4.87. The number of ether oxygens (including phenoxy) is 1. The van der Waals surface area contributed by atoms with Gasteiger partial charge in [0.2, 0.25) is 0 Å². The highest BCUT2D eigenvalue weighted by atomic mass is 32.1. The Balaban J connectivity index is 1.55. The average molecular weight is 482 g/mol. The minimum Gasteiger partial charge on any atom is -0.496 e. The number of nitrogens with zero attached hydrogens (tertiary/aromatic N) is 4. The van der Waals surface area contributed by atoms with Crippen molar-refractivity contribution in [1.29, 1.82) is 0 Å². The molecule has 1 N–H and O–H groups in total. The SMILES string of the molecule is COc1ccc(-c2nc(NC(=O)c3ccc(N4CCN(C)CC4)c([N+](=O)[O-])c3)sc2C)cc1C. The highest BCUT2D eigenvalue weighted by molar-refractivity contribution is 7.16. The zero-order chi connectivity index (χ0) is 24.4. The molecule has 178 valence electrons. The Labute approximate surface area is 202 Å². The summed E-state index contributed by atoms with van der Waals surface area (Å²) in [5.41, 5.74) is 3.39. The summed E-state index contributed by atoms with van der Waals surface area (Å²) in [6, 6.07) is 10.5. The van der Waals surface area contributed by atoms with E-state index in [2.05, 4.69) is 15.2 Å². The molecule has 10 heteroatoms. The van der Waals surface area contributed by atoms with Crippen molar-refractivity contribution in [1.82, 2.24) is 9.88 Å². The van der Waals surface area contributed by atoms with E-state index in [9.17, 15) is 14.9 Å². The Bertz CT molecular complexity index is 1230. The molecule has 0 unspecified atom stereocenters. The Morgan fingerprint density at radius 3 is 2.53 bits per heavy atom. The van der Waals surface area contributed by atoms with Crippen LogP contribution >= 0.6 is 11.3 Å². The lowest BCUT2D eigenvalue weighted by Gasteiger charge is -2.33. The number of nitro benzene ring substituents is 1. The first-order valence-electron chi connectivity index (χ1n) is 10.9. The number of aryl methyl sites for hydroxylation is 2. The summed E-state index contributed by atoms with van der Waals surface area (Å²) >= 11 is 1.36. The van der Waals surface area contributed by atoms with Gasteiger partial charge in [-0.2, -0.15) is 0 Å². The zero-order valence-electron chi connectivity index (χ0n) is 19.6. The maximum absolute atomic E-state index is 12.9. The first kappa shape index (κ1) is 23.7. The molecule has 2 heterocycles. The number of methoxy groups -OCH3 is 1. The Hall–Kier alpha value is -3.50. The van der Waals surface area contributed by atoms with E-state index in [1.807, 2.05) is 44.0 Å². The van der Waals surface area contributed by atoms with Gasteiger partial charge in [0.1, 0.15) is 11.4 Å². The maximum atomic E-state index is 12.9. The number of piperazine rings is 1. The molecular formula is C24H27N5O4S. The fraction of sp³-hybridized carbons (Fsp3) is 0.333. The van der Waals surface area contributed by atoms with Crippen molar-refractivity contribution < 1.29 is 14.5 Å². The van der Waals surface area contributed by atoms with E-state index < -0.39 is 10.8 Å². The number of aromatic nitrogens is 1. The molecule has 9 nitrogen and oxygen atoms in total. The lowest BCUT2D eigenvalue weighted by molar-refractivity contribution is -0.384. The van der Waals surface area contributed by atoms with Crippen molar-refractivity contribution in [3.05, 3.63) is 62.5 Å². The summed E-state index contributed by atoms with van der Waals surface area (Å²) in [5.74, 6) is 0.367. The van der Waals surface area contributed by atoms with Gasteiger partial charge in [0.15, 0.2) is 5.13 Å². The van der Waals surface area contributed by atoms with E-state index in [-0.39, 0.29) is 11.3 Å². The standard InChI is InChI=1S/C24H27N5O4S/c1-15-13-17(6-8-21(15)33-4)22-16(2)34-24(25-22)26-23(30)18-5-7-19(20(14-18)29(31)32)28-11-9-27(3)10-12-28/h5-8,13-14H,9-12H2,1-4H3,(H,25,26,30). The van der Waals surface area contributed by atoms with Gasteiger partial charge in [0.25, 0.3) is 11.6 Å². The van der Waals surface area contributed by atoms with Crippen molar-refractivity contribution in [2.75, 3.05) is 50.6 Å². The molecule has 0 atom stereocenters. The molecule has 0 bridgehead atoms. The number of hydrogen-bond donors (Lipinski definition) is 1. The van der Waals surface area contributed by atoms with Gasteiger partial charge in [0, 0.05) is 48.2 Å². The molecule has 1 aliphatic rings. The molecule has 3 aromatic rings. The molecule has 0 saturated carbocycles. The van der Waals surface area contributed by atoms with Crippen molar-refractivity contribution in [3.63, 3.8) is 0 Å². The number of benzene rings is 2. The highest BCUT2D eigenvalue weighted by Crippen LogP contribution is 2.34. The number of rotatable bonds is 6. The summed E-state index contributed by atoms with van der Waals surface area (Å²) in [6.07, 6.45) is 0. The third-order valence-corrected chi connectivity index (χ3v) is 6.85. The summed E-state index contributed by atoms with van der Waals surface area (Å²) in [5, 5.41) is 15.0. The average Bonchev–Trinajstić information content (AvgIpc) is 3.18. The van der Waals surface area contributed by atoms with Crippen LogP contribution in [0.5, 0.6) is 5.75 Å². The molecule has 0 aliphatic carbocycles. The normalized spacial score (nSPS) is 14.2. The number of thiazole rings is 1. The monoisotopic (exact) mass is 481 g/mol. The lowest BCUT2D eigenvalue weighted by Crippen LogP contribution is -2.44. The molecule has 1 saturated heterocycles. The van der Waals surface area contributed by atoms with Crippen LogP contribution in [-0.4, -0.2) is 61.1 Å². The highest BCUT2D eigenvalue weighted by Gasteiger charge is 2.24. The fourth-order valence-electron chi connectivity index (χ4n) is 4.04. The van der Waals surface area contributed by atoms with E-state index in [0.29, 0.717) is 23.9 Å². The van der Waals surface area contributed by atoms with Crippen LogP contribution in [0.4, 0.5) is 16.5 Å². The van der Waals surface area contributed by atoms with E-state index in [0.717, 1.165) is 40.5 Å². The Kier molecular flexibility index (Phi) is 6.80. The number of hydrogen-bond acceptors (Lipinski definition) is 8. The van der Waals surface area contributed by atoms with Crippen LogP contribution in [0.15, 0.2) is 36.4 Å². The summed E-state index contributed by atoms with van der Waals surface area (Å²) in [4.78, 5) is 34.0. The van der Waals surface area contributed by atoms with E-state index in [1.165, 1.54) is 17.4 Å². The minimum atomic E-state index is -0.431. The minimum absolute atomic E-state index is 0.0677. The topological polar surface area (TPSA) is 101 Å². The molecule has 0 radical (unpaired) electrons. The molecule has 1 amide bonds. The Morgan fingerprint density at radius 1 is 1.15 bits per heavy atom. The van der Waals surface area contributed by atoms with Crippen molar-refractivity contribution in [2.24, 2.45) is 0 Å². The van der Waals surface area contributed by atoms with Crippen molar-refractivity contribution in [2.45, 2.75) is 13.8 Å². The zero-order valence-corrected chi connectivity index (χ0v) is 20.4. The summed E-state index contributed by atoms with van der Waals surface area (Å²) < 4.78 is 5.32. The van der Waals surface area contributed by atoms with Gasteiger partial charge in [-0.05, 0) is 56.8 Å². The van der Waals surface area contributed by atoms with Crippen molar-refractivity contribution >= 4 is 33.8 Å². The maximum Gasteiger partial charge on any atom is 0.293 e. The lowest BCUT2D eigenvalue weighted by atomic mass is 10.1. The van der Waals surface area contributed by atoms with Gasteiger partial charge in [-0.25, -0.2) is 4.98 Å². The molecule has 0 spiro atoms. The molecule has 34 heavy (non-hydrogen) atoms. The summed E-state index contributed by atoms with van der Waals surface area (Å²) in [7, 11) is 3.66. The molecule has 1 aromatic heterocycles. The van der Waals surface area contributed by atoms with Crippen LogP contribution in [0.1, 0.15) is 20.8 Å². The van der Waals surface area contributed by atoms with Crippen LogP contribution < -0.4 is 15.0 Å².